The summed E-state index contributed by atoms with van der Waals surface area (Å²) in [6.07, 6.45) is 1.88. The molecule has 0 aromatic carbocycles. The Labute approximate surface area is 99.0 Å². The van der Waals surface area contributed by atoms with Crippen molar-refractivity contribution in [2.75, 3.05) is 39.4 Å². The van der Waals surface area contributed by atoms with Gasteiger partial charge in [0.15, 0.2) is 0 Å². The van der Waals surface area contributed by atoms with E-state index >= 15 is 0 Å². The molecule has 2 atom stereocenters. The predicted octanol–water partition coefficient (Wildman–Crippen LogP) is 0.458. The van der Waals surface area contributed by atoms with Crippen LogP contribution in [-0.2, 0) is 4.74 Å². The first kappa shape index (κ1) is 13.9. The number of hydrogen-bond donors (Lipinski definition) is 2. The standard InChI is InChI=1S/C12H26N2O2/c1-3-4-7-16-10-12(15)9-14-6-5-13-11(2)8-14/h11-13,15H,3-10H2,1-2H3/t11-,12?/m1/s1. The van der Waals surface area contributed by atoms with Gasteiger partial charge in [-0.3, -0.25) is 4.90 Å². The lowest BCUT2D eigenvalue weighted by atomic mass is 10.2. The van der Waals surface area contributed by atoms with E-state index in [4.69, 9.17) is 4.74 Å². The Kier molecular flexibility index (Phi) is 6.96. The molecule has 2 N–H and O–H groups in total. The third kappa shape index (κ3) is 5.80. The van der Waals surface area contributed by atoms with E-state index in [0.717, 1.165) is 45.6 Å². The van der Waals surface area contributed by atoms with Crippen molar-refractivity contribution in [1.82, 2.24) is 10.2 Å². The van der Waals surface area contributed by atoms with E-state index in [9.17, 15) is 5.11 Å². The van der Waals surface area contributed by atoms with E-state index < -0.39 is 0 Å². The highest BCUT2D eigenvalue weighted by Crippen LogP contribution is 2.00. The number of ether oxygens (including phenoxy) is 1. The van der Waals surface area contributed by atoms with Crippen LogP contribution in [-0.4, -0.2) is 61.5 Å². The zero-order valence-electron chi connectivity index (χ0n) is 10.6. The minimum Gasteiger partial charge on any atom is -0.389 e. The van der Waals surface area contributed by atoms with E-state index in [2.05, 4.69) is 24.1 Å². The van der Waals surface area contributed by atoms with Crippen molar-refractivity contribution in [1.29, 1.82) is 0 Å². The third-order valence-corrected chi connectivity index (χ3v) is 2.87. The highest BCUT2D eigenvalue weighted by Gasteiger charge is 2.18. The quantitative estimate of drug-likeness (QED) is 0.624. The summed E-state index contributed by atoms with van der Waals surface area (Å²) >= 11 is 0. The maximum absolute atomic E-state index is 9.80. The summed E-state index contributed by atoms with van der Waals surface area (Å²) in [5.41, 5.74) is 0. The molecule has 1 aliphatic heterocycles. The molecule has 0 spiro atoms. The third-order valence-electron chi connectivity index (χ3n) is 2.87. The highest BCUT2D eigenvalue weighted by molar-refractivity contribution is 4.76. The second-order valence-electron chi connectivity index (χ2n) is 4.70. The summed E-state index contributed by atoms with van der Waals surface area (Å²) in [6.45, 7) is 9.35. The molecule has 0 amide bonds. The molecule has 1 rings (SSSR count). The number of nitrogens with one attached hydrogen (secondary N) is 1. The second kappa shape index (κ2) is 8.01. The monoisotopic (exact) mass is 230 g/mol. The molecule has 0 aromatic rings. The minimum atomic E-state index is -0.345. The summed E-state index contributed by atoms with van der Waals surface area (Å²) in [6, 6.07) is 0.530. The van der Waals surface area contributed by atoms with Gasteiger partial charge in [-0.2, -0.15) is 0 Å². The Bertz CT molecular complexity index is 178. The number of piperazine rings is 1. The van der Waals surface area contributed by atoms with Crippen LogP contribution in [0.4, 0.5) is 0 Å². The Morgan fingerprint density at radius 1 is 1.56 bits per heavy atom. The van der Waals surface area contributed by atoms with Gasteiger partial charge in [-0.1, -0.05) is 13.3 Å². The molecule has 1 unspecified atom stereocenters. The lowest BCUT2D eigenvalue weighted by Gasteiger charge is -2.33. The Morgan fingerprint density at radius 2 is 2.38 bits per heavy atom. The first-order chi connectivity index (χ1) is 7.72. The van der Waals surface area contributed by atoms with Crippen LogP contribution in [0.5, 0.6) is 0 Å². The molecule has 96 valence electrons. The first-order valence-corrected chi connectivity index (χ1v) is 6.44. The number of aliphatic hydroxyl groups excluding tert-OH is 1. The maximum atomic E-state index is 9.80. The van der Waals surface area contributed by atoms with Gasteiger partial charge in [-0.15, -0.1) is 0 Å². The van der Waals surface area contributed by atoms with Gasteiger partial charge < -0.3 is 15.2 Å². The van der Waals surface area contributed by atoms with Gasteiger partial charge in [0.1, 0.15) is 0 Å². The zero-order chi connectivity index (χ0) is 11.8. The van der Waals surface area contributed by atoms with Crippen molar-refractivity contribution >= 4 is 0 Å². The van der Waals surface area contributed by atoms with Crippen molar-refractivity contribution in [3.05, 3.63) is 0 Å². The average Bonchev–Trinajstić information content (AvgIpc) is 2.24. The fourth-order valence-corrected chi connectivity index (χ4v) is 1.99. The average molecular weight is 230 g/mol. The summed E-state index contributed by atoms with van der Waals surface area (Å²) in [5.74, 6) is 0. The normalized spacial score (nSPS) is 24.6. The molecule has 0 bridgehead atoms. The van der Waals surface area contributed by atoms with Gasteiger partial charge in [0.25, 0.3) is 0 Å². The minimum absolute atomic E-state index is 0.345. The van der Waals surface area contributed by atoms with Crippen molar-refractivity contribution < 1.29 is 9.84 Å². The number of unbranched alkanes of at least 4 members (excludes halogenated alkanes) is 1. The smallest absolute Gasteiger partial charge is 0.0900 e. The van der Waals surface area contributed by atoms with Crippen molar-refractivity contribution in [3.8, 4) is 0 Å². The van der Waals surface area contributed by atoms with Crippen LogP contribution in [0.25, 0.3) is 0 Å². The molecule has 1 fully saturated rings. The second-order valence-corrected chi connectivity index (χ2v) is 4.70. The summed E-state index contributed by atoms with van der Waals surface area (Å²) in [7, 11) is 0. The lowest BCUT2D eigenvalue weighted by Crippen LogP contribution is -2.51. The Morgan fingerprint density at radius 3 is 3.06 bits per heavy atom. The molecule has 0 radical (unpaired) electrons. The van der Waals surface area contributed by atoms with Crippen molar-refractivity contribution in [2.45, 2.75) is 38.8 Å². The summed E-state index contributed by atoms with van der Waals surface area (Å²) in [4.78, 5) is 2.30. The van der Waals surface area contributed by atoms with Gasteiger partial charge >= 0.3 is 0 Å². The number of nitrogens with zero attached hydrogens (tertiary/aromatic N) is 1. The van der Waals surface area contributed by atoms with Crippen LogP contribution in [0.2, 0.25) is 0 Å². The lowest BCUT2D eigenvalue weighted by molar-refractivity contribution is 0.0116. The van der Waals surface area contributed by atoms with E-state index in [0.29, 0.717) is 12.6 Å². The fraction of sp³-hybridized carbons (Fsp3) is 1.00. The van der Waals surface area contributed by atoms with Crippen LogP contribution in [0.3, 0.4) is 0 Å². The van der Waals surface area contributed by atoms with Crippen molar-refractivity contribution in [3.63, 3.8) is 0 Å². The molecule has 1 saturated heterocycles. The largest absolute Gasteiger partial charge is 0.389 e. The van der Waals surface area contributed by atoms with E-state index in [-0.39, 0.29) is 6.10 Å². The molecule has 1 heterocycles. The van der Waals surface area contributed by atoms with Gasteiger partial charge in [-0.25, -0.2) is 0 Å². The maximum Gasteiger partial charge on any atom is 0.0900 e. The molecular formula is C12H26N2O2. The number of rotatable bonds is 7. The molecule has 16 heavy (non-hydrogen) atoms. The Balaban J connectivity index is 2.06. The predicted molar refractivity (Wildman–Crippen MR) is 65.6 cm³/mol. The number of hydrogen-bond acceptors (Lipinski definition) is 4. The van der Waals surface area contributed by atoms with E-state index in [1.54, 1.807) is 0 Å². The van der Waals surface area contributed by atoms with Crippen LogP contribution < -0.4 is 5.32 Å². The summed E-state index contributed by atoms with van der Waals surface area (Å²) < 4.78 is 5.41. The first-order valence-electron chi connectivity index (χ1n) is 6.44. The highest BCUT2D eigenvalue weighted by atomic mass is 16.5. The number of aliphatic hydroxyl groups is 1. The molecular weight excluding hydrogens is 204 g/mol. The fourth-order valence-electron chi connectivity index (χ4n) is 1.99. The molecule has 4 heteroatoms. The molecule has 0 aliphatic carbocycles. The van der Waals surface area contributed by atoms with Crippen LogP contribution in [0, 0.1) is 0 Å². The van der Waals surface area contributed by atoms with E-state index in [1.165, 1.54) is 0 Å². The van der Waals surface area contributed by atoms with Gasteiger partial charge in [0.2, 0.25) is 0 Å². The van der Waals surface area contributed by atoms with Crippen molar-refractivity contribution in [2.24, 2.45) is 0 Å². The topological polar surface area (TPSA) is 44.7 Å². The van der Waals surface area contributed by atoms with E-state index in [1.807, 2.05) is 0 Å². The van der Waals surface area contributed by atoms with Crippen LogP contribution in [0.1, 0.15) is 26.7 Å². The zero-order valence-corrected chi connectivity index (χ0v) is 10.6. The van der Waals surface area contributed by atoms with Crippen LogP contribution in [0.15, 0.2) is 0 Å². The molecule has 1 aliphatic rings. The van der Waals surface area contributed by atoms with Gasteiger partial charge in [0.05, 0.1) is 12.7 Å². The Hall–Kier alpha value is -0.160. The molecule has 4 nitrogen and oxygen atoms in total. The van der Waals surface area contributed by atoms with Crippen LogP contribution >= 0.6 is 0 Å². The molecule has 0 aromatic heterocycles. The number of β-amino-alcohol motifs (C(OH)–C–C–N with tert-alkyl or cyclic N) is 1. The van der Waals surface area contributed by atoms with Gasteiger partial charge in [-0.05, 0) is 13.3 Å². The SMILES string of the molecule is CCCCOCC(O)CN1CCN[C@H](C)C1. The summed E-state index contributed by atoms with van der Waals surface area (Å²) in [5, 5.41) is 13.2. The van der Waals surface area contributed by atoms with Gasteiger partial charge in [0, 0.05) is 38.8 Å². The molecule has 0 saturated carbocycles.